The van der Waals surface area contributed by atoms with Gasteiger partial charge >= 0.3 is 0 Å². The zero-order valence-corrected chi connectivity index (χ0v) is 20.6. The highest BCUT2D eigenvalue weighted by atomic mass is 32.1. The van der Waals surface area contributed by atoms with Crippen molar-refractivity contribution in [3.05, 3.63) is 86.8 Å². The first kappa shape index (κ1) is 22.6. The van der Waals surface area contributed by atoms with Crippen molar-refractivity contribution in [1.82, 2.24) is 14.6 Å². The molecule has 176 valence electrons. The number of ether oxygens (including phenoxy) is 1. The van der Waals surface area contributed by atoms with E-state index in [2.05, 4.69) is 53.3 Å². The molecule has 4 aromatic rings. The molecule has 5 rings (SSSR count). The van der Waals surface area contributed by atoms with E-state index in [0.29, 0.717) is 24.0 Å². The second-order valence-corrected chi connectivity index (χ2v) is 10.1. The molecule has 1 fully saturated rings. The van der Waals surface area contributed by atoms with Gasteiger partial charge in [-0.3, -0.25) is 4.79 Å². The van der Waals surface area contributed by atoms with E-state index in [1.165, 1.54) is 29.3 Å². The number of hydrogen-bond acceptors (Lipinski definition) is 6. The zero-order chi connectivity index (χ0) is 23.5. The number of rotatable bonds is 7. The summed E-state index contributed by atoms with van der Waals surface area (Å²) in [5, 5.41) is 5.69. The van der Waals surface area contributed by atoms with Crippen LogP contribution < -0.4 is 15.2 Å². The van der Waals surface area contributed by atoms with Crippen LogP contribution in [0.2, 0.25) is 0 Å². The summed E-state index contributed by atoms with van der Waals surface area (Å²) in [6.45, 7) is 3.32. The standard InChI is InChI=1S/C27H30N4O2S/c1-19-8-12-23(13-9-19)30(17-20-10-14-24(33-2)15-11-20)18-22-16-25(32)31-27(28-22)34-26(29-31)21-6-4-3-5-7-21/h8-16,21H,3-7,17-18H2,1-2H3. The Kier molecular flexibility index (Phi) is 6.63. The van der Waals surface area contributed by atoms with Crippen LogP contribution in [-0.2, 0) is 13.1 Å². The third-order valence-corrected chi connectivity index (χ3v) is 7.62. The molecule has 6 nitrogen and oxygen atoms in total. The van der Waals surface area contributed by atoms with Gasteiger partial charge in [0.15, 0.2) is 0 Å². The Morgan fingerprint density at radius 3 is 2.47 bits per heavy atom. The first-order valence-corrected chi connectivity index (χ1v) is 12.7. The van der Waals surface area contributed by atoms with Crippen molar-refractivity contribution in [3.63, 3.8) is 0 Å². The van der Waals surface area contributed by atoms with Gasteiger partial charge in [0.05, 0.1) is 19.3 Å². The summed E-state index contributed by atoms with van der Waals surface area (Å²) < 4.78 is 6.79. The monoisotopic (exact) mass is 474 g/mol. The van der Waals surface area contributed by atoms with E-state index in [9.17, 15) is 4.79 Å². The number of methoxy groups -OCH3 is 1. The lowest BCUT2D eigenvalue weighted by molar-refractivity contribution is 0.414. The van der Waals surface area contributed by atoms with E-state index < -0.39 is 0 Å². The fourth-order valence-electron chi connectivity index (χ4n) is 4.61. The number of aromatic nitrogens is 3. The molecule has 0 aliphatic heterocycles. The minimum absolute atomic E-state index is 0.105. The number of hydrogen-bond donors (Lipinski definition) is 0. The molecule has 0 spiro atoms. The molecule has 7 heteroatoms. The van der Waals surface area contributed by atoms with Crippen LogP contribution in [0.25, 0.3) is 4.96 Å². The van der Waals surface area contributed by atoms with Crippen molar-refractivity contribution in [3.8, 4) is 5.75 Å². The molecule has 1 aliphatic carbocycles. The number of nitrogens with zero attached hydrogens (tertiary/aromatic N) is 4. The molecule has 2 heterocycles. The summed E-state index contributed by atoms with van der Waals surface area (Å²) in [5.41, 5.74) is 4.13. The largest absolute Gasteiger partial charge is 0.497 e. The molecule has 2 aromatic heterocycles. The smallest absolute Gasteiger partial charge is 0.275 e. The summed E-state index contributed by atoms with van der Waals surface area (Å²) >= 11 is 1.57. The zero-order valence-electron chi connectivity index (χ0n) is 19.7. The van der Waals surface area contributed by atoms with Gasteiger partial charge in [-0.15, -0.1) is 0 Å². The van der Waals surface area contributed by atoms with Crippen LogP contribution >= 0.6 is 11.3 Å². The van der Waals surface area contributed by atoms with E-state index in [4.69, 9.17) is 9.72 Å². The first-order chi connectivity index (χ1) is 16.6. The molecule has 0 N–H and O–H groups in total. The topological polar surface area (TPSA) is 59.7 Å². The fraction of sp³-hybridized carbons (Fsp3) is 0.370. The molecule has 0 radical (unpaired) electrons. The molecule has 0 bridgehead atoms. The average molecular weight is 475 g/mol. The maximum Gasteiger partial charge on any atom is 0.275 e. The van der Waals surface area contributed by atoms with Gasteiger partial charge in [-0.05, 0) is 49.6 Å². The lowest BCUT2D eigenvalue weighted by Crippen LogP contribution is -2.25. The molecule has 2 aromatic carbocycles. The predicted molar refractivity (Wildman–Crippen MR) is 137 cm³/mol. The summed E-state index contributed by atoms with van der Waals surface area (Å²) in [6.07, 6.45) is 6.10. The van der Waals surface area contributed by atoms with Crippen LogP contribution in [0.4, 0.5) is 5.69 Å². The third-order valence-electron chi connectivity index (χ3n) is 6.55. The summed E-state index contributed by atoms with van der Waals surface area (Å²) in [5.74, 6) is 1.30. The normalized spacial score (nSPS) is 14.4. The van der Waals surface area contributed by atoms with Crippen molar-refractivity contribution in [1.29, 1.82) is 0 Å². The van der Waals surface area contributed by atoms with Gasteiger partial charge in [-0.25, -0.2) is 4.98 Å². The molecular formula is C27H30N4O2S. The van der Waals surface area contributed by atoms with Crippen LogP contribution in [0, 0.1) is 6.92 Å². The Balaban J connectivity index is 1.44. The lowest BCUT2D eigenvalue weighted by Gasteiger charge is -2.25. The minimum Gasteiger partial charge on any atom is -0.497 e. The Morgan fingerprint density at radius 2 is 1.76 bits per heavy atom. The molecule has 0 unspecified atom stereocenters. The van der Waals surface area contributed by atoms with Crippen molar-refractivity contribution in [2.24, 2.45) is 0 Å². The number of anilines is 1. The molecule has 0 atom stereocenters. The molecule has 1 aliphatic rings. The Hall–Kier alpha value is -3.19. The Morgan fingerprint density at radius 1 is 1.03 bits per heavy atom. The van der Waals surface area contributed by atoms with Crippen LogP contribution in [0.5, 0.6) is 5.75 Å². The number of aryl methyl sites for hydroxylation is 1. The van der Waals surface area contributed by atoms with E-state index in [1.54, 1.807) is 24.5 Å². The predicted octanol–water partition coefficient (Wildman–Crippen LogP) is 5.72. The lowest BCUT2D eigenvalue weighted by atomic mass is 9.90. The number of fused-ring (bicyclic) bond motifs is 1. The van der Waals surface area contributed by atoms with E-state index in [0.717, 1.165) is 40.5 Å². The summed E-state index contributed by atoms with van der Waals surface area (Å²) in [6, 6.07) is 18.2. The maximum atomic E-state index is 12.9. The van der Waals surface area contributed by atoms with Gasteiger partial charge in [-0.2, -0.15) is 9.61 Å². The van der Waals surface area contributed by atoms with Crippen molar-refractivity contribution in [2.45, 2.75) is 58.0 Å². The summed E-state index contributed by atoms with van der Waals surface area (Å²) in [4.78, 5) is 20.7. The highest BCUT2D eigenvalue weighted by molar-refractivity contribution is 7.16. The average Bonchev–Trinajstić information content (AvgIpc) is 3.30. The highest BCUT2D eigenvalue weighted by Gasteiger charge is 2.21. The summed E-state index contributed by atoms with van der Waals surface area (Å²) in [7, 11) is 1.67. The van der Waals surface area contributed by atoms with Crippen molar-refractivity contribution >= 4 is 22.0 Å². The fourth-order valence-corrected chi connectivity index (χ4v) is 5.70. The molecule has 1 saturated carbocycles. The quantitative estimate of drug-likeness (QED) is 0.343. The van der Waals surface area contributed by atoms with Crippen LogP contribution in [0.3, 0.4) is 0 Å². The molecule has 0 amide bonds. The molecule has 0 saturated heterocycles. The second kappa shape index (κ2) is 9.97. The van der Waals surface area contributed by atoms with E-state index in [-0.39, 0.29) is 5.56 Å². The van der Waals surface area contributed by atoms with Gasteiger partial charge in [-0.1, -0.05) is 60.4 Å². The van der Waals surface area contributed by atoms with Crippen LogP contribution in [0.15, 0.2) is 59.4 Å². The van der Waals surface area contributed by atoms with Crippen LogP contribution in [0.1, 0.15) is 59.9 Å². The Bertz CT molecular complexity index is 1310. The van der Waals surface area contributed by atoms with Gasteiger partial charge in [0.25, 0.3) is 5.56 Å². The maximum absolute atomic E-state index is 12.9. The van der Waals surface area contributed by atoms with Gasteiger partial charge in [0.2, 0.25) is 4.96 Å². The number of benzene rings is 2. The van der Waals surface area contributed by atoms with Gasteiger partial charge in [0, 0.05) is 24.2 Å². The highest BCUT2D eigenvalue weighted by Crippen LogP contribution is 2.34. The SMILES string of the molecule is COc1ccc(CN(Cc2cc(=O)n3nc(C4CCCCC4)sc3n2)c2ccc(C)cc2)cc1. The molecule has 34 heavy (non-hydrogen) atoms. The van der Waals surface area contributed by atoms with Crippen LogP contribution in [-0.4, -0.2) is 21.7 Å². The minimum atomic E-state index is -0.105. The van der Waals surface area contributed by atoms with E-state index >= 15 is 0 Å². The van der Waals surface area contributed by atoms with Gasteiger partial charge < -0.3 is 9.64 Å². The second-order valence-electron chi connectivity index (χ2n) is 9.10. The third kappa shape index (κ3) is 4.99. The molecular weight excluding hydrogens is 444 g/mol. The Labute approximate surface area is 203 Å². The van der Waals surface area contributed by atoms with Crippen molar-refractivity contribution in [2.75, 3.05) is 12.0 Å². The van der Waals surface area contributed by atoms with Gasteiger partial charge in [0.1, 0.15) is 10.8 Å². The first-order valence-electron chi connectivity index (χ1n) is 11.9. The van der Waals surface area contributed by atoms with Crippen molar-refractivity contribution < 1.29 is 4.74 Å². The van der Waals surface area contributed by atoms with E-state index in [1.807, 2.05) is 12.1 Å².